The fraction of sp³-hybridized carbons (Fsp3) is 0.556. The minimum Gasteiger partial charge on any atom is -0.251 e. The van der Waals surface area contributed by atoms with E-state index in [1.165, 1.54) is 11.1 Å². The van der Waals surface area contributed by atoms with Crippen LogP contribution in [0.15, 0.2) is 36.4 Å². The number of allylic oxidation sites excluding steroid dienone is 1. The van der Waals surface area contributed by atoms with Crippen molar-refractivity contribution >= 4 is 11.6 Å². The van der Waals surface area contributed by atoms with Gasteiger partial charge < -0.3 is 0 Å². The van der Waals surface area contributed by atoms with Gasteiger partial charge in [0.05, 0.1) is 6.67 Å². The van der Waals surface area contributed by atoms with Gasteiger partial charge in [0.2, 0.25) is 0 Å². The van der Waals surface area contributed by atoms with Crippen LogP contribution in [0.2, 0.25) is 5.02 Å². The Morgan fingerprint density at radius 3 is 2.65 bits per heavy atom. The van der Waals surface area contributed by atoms with Crippen LogP contribution >= 0.6 is 11.6 Å². The monoisotopic (exact) mass is 296 g/mol. The summed E-state index contributed by atoms with van der Waals surface area (Å²) in [6, 6.07) is 8.00. The molecule has 0 fully saturated rings. The van der Waals surface area contributed by atoms with Crippen molar-refractivity contribution in [2.45, 2.75) is 51.9 Å². The molecule has 2 atom stereocenters. The maximum atomic E-state index is 12.5. The molecule has 0 heterocycles. The quantitative estimate of drug-likeness (QED) is 0.453. The molecule has 1 unspecified atom stereocenters. The number of alkyl halides is 1. The zero-order valence-corrected chi connectivity index (χ0v) is 13.4. The summed E-state index contributed by atoms with van der Waals surface area (Å²) >= 11 is 6.07. The highest BCUT2D eigenvalue weighted by Gasteiger charge is 2.14. The topological polar surface area (TPSA) is 0 Å². The molecule has 1 aromatic carbocycles. The molecule has 0 nitrogen and oxygen atoms in total. The van der Waals surface area contributed by atoms with E-state index in [4.69, 9.17) is 11.6 Å². The molecule has 2 heteroatoms. The van der Waals surface area contributed by atoms with Crippen LogP contribution in [0.25, 0.3) is 0 Å². The molecule has 0 saturated carbocycles. The second-order valence-electron chi connectivity index (χ2n) is 5.93. The predicted octanol–water partition coefficient (Wildman–Crippen LogP) is 6.56. The molecule has 112 valence electrons. The van der Waals surface area contributed by atoms with E-state index in [-0.39, 0.29) is 6.67 Å². The number of benzene rings is 1. The van der Waals surface area contributed by atoms with Gasteiger partial charge in [-0.25, -0.2) is 0 Å². The van der Waals surface area contributed by atoms with E-state index in [9.17, 15) is 4.39 Å². The summed E-state index contributed by atoms with van der Waals surface area (Å²) < 4.78 is 12.5. The smallest absolute Gasteiger partial charge is 0.0894 e. The Morgan fingerprint density at radius 2 is 2.05 bits per heavy atom. The van der Waals surface area contributed by atoms with Crippen molar-refractivity contribution < 1.29 is 4.39 Å². The van der Waals surface area contributed by atoms with Crippen molar-refractivity contribution in [3.63, 3.8) is 0 Å². The normalized spacial score (nSPS) is 14.0. The first-order valence-electron chi connectivity index (χ1n) is 7.48. The number of hydrogen-bond acceptors (Lipinski definition) is 0. The molecule has 0 aliphatic heterocycles. The second-order valence-corrected chi connectivity index (χ2v) is 6.36. The average molecular weight is 297 g/mol. The second kappa shape index (κ2) is 9.18. The fourth-order valence-electron chi connectivity index (χ4n) is 2.74. The first-order valence-corrected chi connectivity index (χ1v) is 7.86. The van der Waals surface area contributed by atoms with Crippen LogP contribution in [0, 0.1) is 5.92 Å². The summed E-state index contributed by atoms with van der Waals surface area (Å²) in [5, 5.41) is 0.766. The SMILES string of the molecule is C=C(C)CC(C)CC[C@@H](CCCF)c1cccc(Cl)c1. The zero-order valence-electron chi connectivity index (χ0n) is 12.7. The molecule has 0 amide bonds. The molecular formula is C18H26ClF. The Morgan fingerprint density at radius 1 is 1.30 bits per heavy atom. The van der Waals surface area contributed by atoms with Gasteiger partial charge in [0.15, 0.2) is 0 Å². The highest BCUT2D eigenvalue weighted by atomic mass is 35.5. The van der Waals surface area contributed by atoms with Crippen LogP contribution < -0.4 is 0 Å². The molecule has 0 aliphatic carbocycles. The summed E-state index contributed by atoms with van der Waals surface area (Å²) in [6.07, 6.45) is 4.85. The van der Waals surface area contributed by atoms with E-state index in [1.807, 2.05) is 18.2 Å². The minimum atomic E-state index is -0.238. The molecule has 0 radical (unpaired) electrons. The maximum Gasteiger partial charge on any atom is 0.0894 e. The third-order valence-corrected chi connectivity index (χ3v) is 3.95. The zero-order chi connectivity index (χ0) is 15.0. The lowest BCUT2D eigenvalue weighted by molar-refractivity contribution is 0.409. The maximum absolute atomic E-state index is 12.5. The highest BCUT2D eigenvalue weighted by Crippen LogP contribution is 2.30. The van der Waals surface area contributed by atoms with Crippen molar-refractivity contribution in [2.24, 2.45) is 5.92 Å². The summed E-state index contributed by atoms with van der Waals surface area (Å²) in [5.41, 5.74) is 2.48. The average Bonchev–Trinajstić information content (AvgIpc) is 2.38. The van der Waals surface area contributed by atoms with Crippen LogP contribution in [0.1, 0.15) is 57.4 Å². The Balaban J connectivity index is 2.62. The van der Waals surface area contributed by atoms with Crippen LogP contribution in [-0.4, -0.2) is 6.67 Å². The standard InChI is InChI=1S/C18H26ClF/c1-14(2)12-15(3)9-10-16(7-5-11-20)17-6-4-8-18(19)13-17/h4,6,8,13,15-16H,1,5,7,9-12H2,2-3H3/t15?,16-/m1/s1. The molecule has 20 heavy (non-hydrogen) atoms. The molecule has 0 spiro atoms. The van der Waals surface area contributed by atoms with Crippen LogP contribution in [0.5, 0.6) is 0 Å². The lowest BCUT2D eigenvalue weighted by atomic mass is 9.86. The van der Waals surface area contributed by atoms with Gasteiger partial charge in [-0.05, 0) is 68.6 Å². The lowest BCUT2D eigenvalue weighted by Gasteiger charge is -2.20. The Hall–Kier alpha value is -0.820. The van der Waals surface area contributed by atoms with Gasteiger partial charge in [-0.2, -0.15) is 0 Å². The van der Waals surface area contributed by atoms with Crippen molar-refractivity contribution in [3.05, 3.63) is 47.0 Å². The first kappa shape index (κ1) is 17.2. The predicted molar refractivity (Wildman–Crippen MR) is 87.2 cm³/mol. The van der Waals surface area contributed by atoms with Crippen molar-refractivity contribution in [1.82, 2.24) is 0 Å². The summed E-state index contributed by atoms with van der Waals surface area (Å²) in [6.45, 7) is 8.08. The van der Waals surface area contributed by atoms with E-state index in [0.29, 0.717) is 18.3 Å². The third-order valence-electron chi connectivity index (χ3n) is 3.71. The third kappa shape index (κ3) is 6.56. The first-order chi connectivity index (χ1) is 9.52. The summed E-state index contributed by atoms with van der Waals surface area (Å²) in [7, 11) is 0. The molecule has 1 rings (SSSR count). The number of rotatable bonds is 9. The largest absolute Gasteiger partial charge is 0.251 e. The number of halogens is 2. The van der Waals surface area contributed by atoms with Gasteiger partial charge >= 0.3 is 0 Å². The van der Waals surface area contributed by atoms with E-state index < -0.39 is 0 Å². The molecule has 0 aliphatic rings. The van der Waals surface area contributed by atoms with Gasteiger partial charge in [0, 0.05) is 5.02 Å². The Kier molecular flexibility index (Phi) is 7.91. The Labute approximate surface area is 128 Å². The Bertz CT molecular complexity index is 414. The van der Waals surface area contributed by atoms with Crippen molar-refractivity contribution in [3.8, 4) is 0 Å². The van der Waals surface area contributed by atoms with E-state index in [2.05, 4.69) is 26.5 Å². The van der Waals surface area contributed by atoms with Crippen molar-refractivity contribution in [2.75, 3.05) is 6.67 Å². The minimum absolute atomic E-state index is 0.238. The molecule has 1 aromatic rings. The molecule has 0 bridgehead atoms. The molecule has 0 N–H and O–H groups in total. The van der Waals surface area contributed by atoms with Gasteiger partial charge in [0.1, 0.15) is 0 Å². The van der Waals surface area contributed by atoms with Crippen LogP contribution in [0.3, 0.4) is 0 Å². The van der Waals surface area contributed by atoms with E-state index in [0.717, 1.165) is 30.7 Å². The molecule has 0 aromatic heterocycles. The van der Waals surface area contributed by atoms with Crippen LogP contribution in [0.4, 0.5) is 4.39 Å². The highest BCUT2D eigenvalue weighted by molar-refractivity contribution is 6.30. The summed E-state index contributed by atoms with van der Waals surface area (Å²) in [5.74, 6) is 1.05. The number of hydrogen-bond donors (Lipinski definition) is 0. The van der Waals surface area contributed by atoms with Crippen molar-refractivity contribution in [1.29, 1.82) is 0 Å². The lowest BCUT2D eigenvalue weighted by Crippen LogP contribution is -2.04. The summed E-state index contributed by atoms with van der Waals surface area (Å²) in [4.78, 5) is 0. The van der Waals surface area contributed by atoms with E-state index >= 15 is 0 Å². The van der Waals surface area contributed by atoms with Gasteiger partial charge in [-0.15, -0.1) is 6.58 Å². The van der Waals surface area contributed by atoms with Gasteiger partial charge in [-0.3, -0.25) is 4.39 Å². The molecule has 0 saturated heterocycles. The van der Waals surface area contributed by atoms with Crippen LogP contribution in [-0.2, 0) is 0 Å². The van der Waals surface area contributed by atoms with Gasteiger partial charge in [-0.1, -0.05) is 36.2 Å². The van der Waals surface area contributed by atoms with E-state index in [1.54, 1.807) is 0 Å². The fourth-order valence-corrected chi connectivity index (χ4v) is 2.94. The van der Waals surface area contributed by atoms with Gasteiger partial charge in [0.25, 0.3) is 0 Å². The molecular weight excluding hydrogens is 271 g/mol.